The van der Waals surface area contributed by atoms with Crippen LogP contribution in [0.4, 0.5) is 0 Å². The highest BCUT2D eigenvalue weighted by atomic mass is 16.5. The van der Waals surface area contributed by atoms with E-state index in [1.165, 1.54) is 25.5 Å². The molecular formula is C27H28N2O6. The molecule has 35 heavy (non-hydrogen) atoms. The summed E-state index contributed by atoms with van der Waals surface area (Å²) >= 11 is 0. The van der Waals surface area contributed by atoms with Gasteiger partial charge in [-0.15, -0.1) is 0 Å². The number of methoxy groups -OCH3 is 1. The summed E-state index contributed by atoms with van der Waals surface area (Å²) in [7, 11) is 1.53. The van der Waals surface area contributed by atoms with Crippen LogP contribution >= 0.6 is 0 Å². The lowest BCUT2D eigenvalue weighted by Crippen LogP contribution is -2.24. The molecule has 0 spiro atoms. The Balaban J connectivity index is 1.52. The van der Waals surface area contributed by atoms with Crippen LogP contribution in [0.3, 0.4) is 0 Å². The van der Waals surface area contributed by atoms with E-state index in [1.54, 1.807) is 30.3 Å². The number of hydrogen-bond donors (Lipinski definition) is 2. The molecule has 0 radical (unpaired) electrons. The van der Waals surface area contributed by atoms with Gasteiger partial charge in [0.15, 0.2) is 18.1 Å². The second kappa shape index (κ2) is 12.2. The quantitative estimate of drug-likeness (QED) is 0.314. The molecule has 3 aromatic carbocycles. The number of nitrogens with zero attached hydrogens (tertiary/aromatic N) is 1. The third-order valence-corrected chi connectivity index (χ3v) is 5.07. The zero-order valence-corrected chi connectivity index (χ0v) is 19.9. The van der Waals surface area contributed by atoms with Crippen molar-refractivity contribution in [3.05, 3.63) is 88.5 Å². The molecule has 2 N–H and O–H groups in total. The summed E-state index contributed by atoms with van der Waals surface area (Å²) in [6, 6.07) is 17.6. The molecule has 0 heterocycles. The van der Waals surface area contributed by atoms with Crippen LogP contribution < -0.4 is 19.6 Å². The minimum Gasteiger partial charge on any atom is -0.493 e. The Morgan fingerprint density at radius 2 is 1.74 bits per heavy atom. The average molecular weight is 477 g/mol. The molecule has 0 aliphatic carbocycles. The van der Waals surface area contributed by atoms with E-state index >= 15 is 0 Å². The number of benzene rings is 3. The van der Waals surface area contributed by atoms with E-state index in [0.29, 0.717) is 22.8 Å². The number of carboxylic acids is 1. The highest BCUT2D eigenvalue weighted by Crippen LogP contribution is 2.28. The number of carboxylic acid groups (broad SMARTS) is 1. The first-order valence-electron chi connectivity index (χ1n) is 11.1. The number of rotatable bonds is 11. The van der Waals surface area contributed by atoms with Crippen molar-refractivity contribution in [3.8, 4) is 17.2 Å². The SMILES string of the molecule is CCc1cc(C)cc(OCC(=O)N/N=C\c2ccc(OCc3ccc(C(=O)O)cc3)c(OC)c2)c1. The third-order valence-electron chi connectivity index (χ3n) is 5.07. The number of carbonyl (C=O) groups excluding carboxylic acids is 1. The van der Waals surface area contributed by atoms with E-state index in [0.717, 1.165) is 23.1 Å². The first-order chi connectivity index (χ1) is 16.9. The minimum absolute atomic E-state index is 0.145. The van der Waals surface area contributed by atoms with Gasteiger partial charge in [-0.2, -0.15) is 5.10 Å². The molecule has 3 rings (SSSR count). The standard InChI is InChI=1S/C27H28N2O6/c1-4-19-11-18(2)12-23(13-19)34-17-26(30)29-28-15-21-7-10-24(25(14-21)33-3)35-16-20-5-8-22(9-6-20)27(31)32/h5-15H,4,16-17H2,1-3H3,(H,29,30)(H,31,32)/b28-15-. The molecule has 0 saturated carbocycles. The van der Waals surface area contributed by atoms with Gasteiger partial charge in [-0.25, -0.2) is 10.2 Å². The van der Waals surface area contributed by atoms with E-state index in [-0.39, 0.29) is 24.7 Å². The van der Waals surface area contributed by atoms with Crippen LogP contribution in [0, 0.1) is 6.92 Å². The lowest BCUT2D eigenvalue weighted by atomic mass is 10.1. The Hall–Kier alpha value is -4.33. The molecule has 0 aliphatic heterocycles. The summed E-state index contributed by atoms with van der Waals surface area (Å²) in [6.07, 6.45) is 2.39. The van der Waals surface area contributed by atoms with Crippen molar-refractivity contribution < 1.29 is 28.9 Å². The normalized spacial score (nSPS) is 10.7. The van der Waals surface area contributed by atoms with Crippen molar-refractivity contribution in [2.45, 2.75) is 26.9 Å². The molecule has 0 unspecified atom stereocenters. The van der Waals surface area contributed by atoms with Crippen molar-refractivity contribution in [3.63, 3.8) is 0 Å². The van der Waals surface area contributed by atoms with Crippen LogP contribution in [0.2, 0.25) is 0 Å². The summed E-state index contributed by atoms with van der Waals surface area (Å²) in [5, 5.41) is 13.0. The highest BCUT2D eigenvalue weighted by Gasteiger charge is 2.08. The first kappa shape index (κ1) is 25.3. The zero-order valence-electron chi connectivity index (χ0n) is 19.9. The van der Waals surface area contributed by atoms with Gasteiger partial charge in [-0.1, -0.05) is 25.1 Å². The number of ether oxygens (including phenoxy) is 3. The van der Waals surface area contributed by atoms with Crippen LogP contribution in [0.25, 0.3) is 0 Å². The summed E-state index contributed by atoms with van der Waals surface area (Å²) in [5.74, 6) is 0.323. The van der Waals surface area contributed by atoms with E-state index in [2.05, 4.69) is 23.5 Å². The molecule has 0 aliphatic rings. The fourth-order valence-corrected chi connectivity index (χ4v) is 3.26. The monoisotopic (exact) mass is 476 g/mol. The van der Waals surface area contributed by atoms with Crippen LogP contribution in [0.1, 0.15) is 39.5 Å². The minimum atomic E-state index is -0.975. The fourth-order valence-electron chi connectivity index (χ4n) is 3.26. The largest absolute Gasteiger partial charge is 0.493 e. The van der Waals surface area contributed by atoms with Crippen molar-refractivity contribution in [1.29, 1.82) is 0 Å². The molecular weight excluding hydrogens is 448 g/mol. The van der Waals surface area contributed by atoms with Gasteiger partial charge in [0, 0.05) is 0 Å². The predicted molar refractivity (Wildman–Crippen MR) is 133 cm³/mol. The van der Waals surface area contributed by atoms with Crippen LogP contribution in [-0.2, 0) is 17.8 Å². The highest BCUT2D eigenvalue weighted by molar-refractivity contribution is 5.87. The average Bonchev–Trinajstić information content (AvgIpc) is 2.86. The van der Waals surface area contributed by atoms with Crippen LogP contribution in [-0.4, -0.2) is 36.9 Å². The van der Waals surface area contributed by atoms with Crippen LogP contribution in [0.5, 0.6) is 17.2 Å². The number of hydrazone groups is 1. The second-order valence-corrected chi connectivity index (χ2v) is 7.79. The molecule has 0 atom stereocenters. The number of aryl methyl sites for hydroxylation is 2. The van der Waals surface area contributed by atoms with Crippen molar-refractivity contribution in [2.75, 3.05) is 13.7 Å². The molecule has 8 nitrogen and oxygen atoms in total. The van der Waals surface area contributed by atoms with Gasteiger partial charge >= 0.3 is 5.97 Å². The molecule has 182 valence electrons. The van der Waals surface area contributed by atoms with Gasteiger partial charge in [-0.05, 0) is 78.1 Å². The predicted octanol–water partition coefficient (Wildman–Crippen LogP) is 4.37. The van der Waals surface area contributed by atoms with Crippen molar-refractivity contribution >= 4 is 18.1 Å². The number of carbonyl (C=O) groups is 2. The van der Waals surface area contributed by atoms with E-state index in [9.17, 15) is 9.59 Å². The summed E-state index contributed by atoms with van der Waals surface area (Å²) in [4.78, 5) is 23.0. The Bertz CT molecular complexity index is 1200. The Morgan fingerprint density at radius 3 is 2.43 bits per heavy atom. The Morgan fingerprint density at radius 1 is 0.971 bits per heavy atom. The lowest BCUT2D eigenvalue weighted by molar-refractivity contribution is -0.123. The molecule has 1 amide bonds. The van der Waals surface area contributed by atoms with Gasteiger partial charge in [0.2, 0.25) is 0 Å². The summed E-state index contributed by atoms with van der Waals surface area (Å²) in [5.41, 5.74) is 6.42. The molecule has 0 aromatic heterocycles. The fraction of sp³-hybridized carbons (Fsp3) is 0.222. The Labute approximate surface area is 204 Å². The molecule has 3 aromatic rings. The van der Waals surface area contributed by atoms with Gasteiger partial charge in [0.05, 0.1) is 18.9 Å². The van der Waals surface area contributed by atoms with E-state index in [1.807, 2.05) is 19.1 Å². The number of amides is 1. The molecule has 0 saturated heterocycles. The second-order valence-electron chi connectivity index (χ2n) is 7.79. The number of aromatic carboxylic acids is 1. The van der Waals surface area contributed by atoms with Crippen LogP contribution in [0.15, 0.2) is 65.8 Å². The van der Waals surface area contributed by atoms with Gasteiger partial charge in [-0.3, -0.25) is 4.79 Å². The van der Waals surface area contributed by atoms with E-state index < -0.39 is 5.97 Å². The van der Waals surface area contributed by atoms with E-state index in [4.69, 9.17) is 19.3 Å². The maximum absolute atomic E-state index is 12.1. The summed E-state index contributed by atoms with van der Waals surface area (Å²) in [6.45, 7) is 4.16. The maximum Gasteiger partial charge on any atom is 0.335 e. The maximum atomic E-state index is 12.1. The van der Waals surface area contributed by atoms with Gasteiger partial charge < -0.3 is 19.3 Å². The summed E-state index contributed by atoms with van der Waals surface area (Å²) < 4.78 is 16.8. The first-order valence-corrected chi connectivity index (χ1v) is 11.1. The van der Waals surface area contributed by atoms with Gasteiger partial charge in [0.1, 0.15) is 12.4 Å². The third kappa shape index (κ3) is 7.60. The molecule has 0 fully saturated rings. The zero-order chi connectivity index (χ0) is 25.2. The van der Waals surface area contributed by atoms with Crippen molar-refractivity contribution in [2.24, 2.45) is 5.10 Å². The smallest absolute Gasteiger partial charge is 0.335 e. The number of nitrogens with one attached hydrogen (secondary N) is 1. The lowest BCUT2D eigenvalue weighted by Gasteiger charge is -2.11. The van der Waals surface area contributed by atoms with Gasteiger partial charge in [0.25, 0.3) is 5.91 Å². The number of hydrogen-bond acceptors (Lipinski definition) is 6. The molecule has 8 heteroatoms. The van der Waals surface area contributed by atoms with Crippen molar-refractivity contribution in [1.82, 2.24) is 5.43 Å². The topological polar surface area (TPSA) is 106 Å². The Kier molecular flexibility index (Phi) is 8.83. The molecule has 0 bridgehead atoms.